The zero-order valence-electron chi connectivity index (χ0n) is 24.3. The van der Waals surface area contributed by atoms with E-state index in [9.17, 15) is 14.7 Å². The molecule has 1 unspecified atom stereocenters. The molecule has 0 saturated carbocycles. The number of Topliss-reactive ketones (excluding diaryl/α,β-unsaturated/α-hetero) is 1. The van der Waals surface area contributed by atoms with Gasteiger partial charge in [-0.3, -0.25) is 14.5 Å². The van der Waals surface area contributed by atoms with Crippen molar-refractivity contribution >= 4 is 55.7 Å². The summed E-state index contributed by atoms with van der Waals surface area (Å²) >= 11 is 7.46. The number of anilines is 1. The van der Waals surface area contributed by atoms with Gasteiger partial charge >= 0.3 is 5.91 Å². The number of unbranched alkanes of at least 4 members (excludes halogenated alkanes) is 2. The van der Waals surface area contributed by atoms with Crippen LogP contribution in [0.1, 0.15) is 57.2 Å². The van der Waals surface area contributed by atoms with Gasteiger partial charge in [0.2, 0.25) is 0 Å². The zero-order valence-corrected chi connectivity index (χ0v) is 25.8. The van der Waals surface area contributed by atoms with E-state index in [4.69, 9.17) is 25.8 Å². The van der Waals surface area contributed by atoms with Crippen molar-refractivity contribution in [3.8, 4) is 17.2 Å². The van der Waals surface area contributed by atoms with Gasteiger partial charge in [-0.25, -0.2) is 4.98 Å². The molecule has 1 N–H and O–H groups in total. The maximum Gasteiger partial charge on any atom is 0.301 e. The Morgan fingerprint density at radius 2 is 1.70 bits per heavy atom. The first-order chi connectivity index (χ1) is 20.9. The van der Waals surface area contributed by atoms with Crippen LogP contribution in [-0.2, 0) is 9.59 Å². The van der Waals surface area contributed by atoms with Gasteiger partial charge in [0, 0.05) is 10.6 Å². The number of aromatic nitrogens is 1. The number of ketones is 1. The number of halogens is 1. The lowest BCUT2D eigenvalue weighted by molar-refractivity contribution is -0.132. The van der Waals surface area contributed by atoms with Crippen molar-refractivity contribution in [3.05, 3.63) is 82.4 Å². The molecule has 1 amide bonds. The quantitative estimate of drug-likeness (QED) is 0.0743. The van der Waals surface area contributed by atoms with E-state index in [1.54, 1.807) is 60.7 Å². The minimum absolute atomic E-state index is 0.0505. The number of thiazole rings is 1. The molecule has 3 aromatic carbocycles. The van der Waals surface area contributed by atoms with Crippen LogP contribution in [0.3, 0.4) is 0 Å². The summed E-state index contributed by atoms with van der Waals surface area (Å²) in [7, 11) is 0. The predicted octanol–water partition coefficient (Wildman–Crippen LogP) is 7.94. The number of benzene rings is 3. The van der Waals surface area contributed by atoms with Crippen LogP contribution in [0.15, 0.2) is 66.2 Å². The Morgan fingerprint density at radius 3 is 2.42 bits per heavy atom. The van der Waals surface area contributed by atoms with Crippen molar-refractivity contribution in [3.63, 3.8) is 0 Å². The third-order valence-electron chi connectivity index (χ3n) is 7.02. The van der Waals surface area contributed by atoms with E-state index >= 15 is 0 Å². The van der Waals surface area contributed by atoms with Crippen LogP contribution >= 0.6 is 22.9 Å². The zero-order chi connectivity index (χ0) is 30.5. The van der Waals surface area contributed by atoms with Gasteiger partial charge in [-0.2, -0.15) is 0 Å². The highest BCUT2D eigenvalue weighted by atomic mass is 35.5. The third kappa shape index (κ3) is 6.33. The molecule has 8 nitrogen and oxygen atoms in total. The maximum absolute atomic E-state index is 13.7. The summed E-state index contributed by atoms with van der Waals surface area (Å²) in [5.74, 6) is -0.220. The molecule has 1 aliphatic rings. The van der Waals surface area contributed by atoms with E-state index in [0.717, 1.165) is 24.0 Å². The number of carbonyl (C=O) groups is 2. The van der Waals surface area contributed by atoms with Crippen molar-refractivity contribution in [2.24, 2.45) is 0 Å². The van der Waals surface area contributed by atoms with Crippen molar-refractivity contribution < 1.29 is 28.9 Å². The van der Waals surface area contributed by atoms with E-state index in [1.807, 2.05) is 13.8 Å². The SMILES string of the molecule is CCCCCOc1ccc(C2C(=C(O)c3ccc(OCC)cc3)C(=O)C(=O)N2c2nc3ccc(Cl)cc3s2)cc1OCC. The third-order valence-corrected chi connectivity index (χ3v) is 8.27. The molecule has 224 valence electrons. The molecule has 5 rings (SSSR count). The largest absolute Gasteiger partial charge is 0.507 e. The van der Waals surface area contributed by atoms with Crippen LogP contribution in [0.4, 0.5) is 5.13 Å². The average Bonchev–Trinajstić information content (AvgIpc) is 3.53. The molecule has 1 aromatic heterocycles. The molecule has 43 heavy (non-hydrogen) atoms. The molecule has 1 fully saturated rings. The Labute approximate surface area is 259 Å². The van der Waals surface area contributed by atoms with Gasteiger partial charge in [-0.15, -0.1) is 0 Å². The molecule has 0 bridgehead atoms. The summed E-state index contributed by atoms with van der Waals surface area (Å²) in [6.07, 6.45) is 3.04. The minimum atomic E-state index is -0.976. The summed E-state index contributed by atoms with van der Waals surface area (Å²) in [4.78, 5) is 33.4. The van der Waals surface area contributed by atoms with E-state index in [2.05, 4.69) is 11.9 Å². The number of carbonyl (C=O) groups excluding carboxylic acids is 2. The second kappa shape index (κ2) is 13.5. The second-order valence-electron chi connectivity index (χ2n) is 9.93. The number of rotatable bonds is 12. The Balaban J connectivity index is 1.64. The number of hydrogen-bond donors (Lipinski definition) is 1. The smallest absolute Gasteiger partial charge is 0.301 e. The second-order valence-corrected chi connectivity index (χ2v) is 11.4. The van der Waals surface area contributed by atoms with Gasteiger partial charge in [0.25, 0.3) is 5.78 Å². The molecule has 4 aromatic rings. The highest BCUT2D eigenvalue weighted by Gasteiger charge is 2.48. The first-order valence-electron chi connectivity index (χ1n) is 14.4. The van der Waals surface area contributed by atoms with Crippen LogP contribution in [0.25, 0.3) is 16.0 Å². The highest BCUT2D eigenvalue weighted by Crippen LogP contribution is 2.46. The van der Waals surface area contributed by atoms with Crippen LogP contribution in [0.2, 0.25) is 5.02 Å². The topological polar surface area (TPSA) is 98.2 Å². The summed E-state index contributed by atoms with van der Waals surface area (Å²) in [6, 6.07) is 16.3. The number of aliphatic hydroxyl groups excluding tert-OH is 1. The molecular weight excluding hydrogens is 588 g/mol. The Kier molecular flexibility index (Phi) is 9.52. The van der Waals surface area contributed by atoms with Crippen LogP contribution in [-0.4, -0.2) is 41.6 Å². The predicted molar refractivity (Wildman–Crippen MR) is 170 cm³/mol. The monoisotopic (exact) mass is 620 g/mol. The summed E-state index contributed by atoms with van der Waals surface area (Å²) < 4.78 is 18.2. The molecule has 1 saturated heterocycles. The molecular formula is C33H33ClN2O6S. The van der Waals surface area contributed by atoms with Gasteiger partial charge < -0.3 is 19.3 Å². The molecule has 0 radical (unpaired) electrons. The summed E-state index contributed by atoms with van der Waals surface area (Å²) in [5.41, 5.74) is 1.53. The Morgan fingerprint density at radius 1 is 0.930 bits per heavy atom. The van der Waals surface area contributed by atoms with Crippen molar-refractivity contribution in [2.75, 3.05) is 24.7 Å². The van der Waals surface area contributed by atoms with E-state index in [1.165, 1.54) is 16.2 Å². The lowest BCUT2D eigenvalue weighted by Crippen LogP contribution is -2.29. The van der Waals surface area contributed by atoms with E-state index < -0.39 is 17.7 Å². The average molecular weight is 621 g/mol. The van der Waals surface area contributed by atoms with Crippen LogP contribution < -0.4 is 19.1 Å². The number of nitrogens with zero attached hydrogens (tertiary/aromatic N) is 2. The molecule has 10 heteroatoms. The molecule has 1 aliphatic heterocycles. The number of hydrogen-bond acceptors (Lipinski definition) is 8. The van der Waals surface area contributed by atoms with Gasteiger partial charge in [-0.1, -0.05) is 48.8 Å². The van der Waals surface area contributed by atoms with Gasteiger partial charge in [0.05, 0.1) is 41.7 Å². The first kappa shape index (κ1) is 30.4. The normalized spacial score (nSPS) is 16.2. The fraction of sp³-hybridized carbons (Fsp3) is 0.303. The van der Waals surface area contributed by atoms with E-state index in [-0.39, 0.29) is 11.3 Å². The van der Waals surface area contributed by atoms with Crippen molar-refractivity contribution in [1.29, 1.82) is 0 Å². The Hall–Kier alpha value is -4.08. The lowest BCUT2D eigenvalue weighted by atomic mass is 9.95. The fourth-order valence-corrected chi connectivity index (χ4v) is 6.25. The molecule has 0 spiro atoms. The number of aliphatic hydroxyl groups is 1. The number of amides is 1. The molecule has 0 aliphatic carbocycles. The van der Waals surface area contributed by atoms with E-state index in [0.29, 0.717) is 63.9 Å². The van der Waals surface area contributed by atoms with Gasteiger partial charge in [0.15, 0.2) is 16.6 Å². The van der Waals surface area contributed by atoms with Crippen molar-refractivity contribution in [1.82, 2.24) is 4.98 Å². The minimum Gasteiger partial charge on any atom is -0.507 e. The highest BCUT2D eigenvalue weighted by molar-refractivity contribution is 7.22. The van der Waals surface area contributed by atoms with Crippen LogP contribution in [0, 0.1) is 0 Å². The maximum atomic E-state index is 13.7. The molecule has 2 heterocycles. The lowest BCUT2D eigenvalue weighted by Gasteiger charge is -2.24. The standard InChI is InChI=1S/C33H33ClN2O6S/c1-4-7-8-17-42-25-16-11-21(18-26(25)41-6-3)29-28(30(37)20-9-13-23(14-10-20)40-5-2)31(38)32(39)36(29)33-35-24-15-12-22(34)19-27(24)43-33/h9-16,18-19,29,37H,4-8,17H2,1-3H3. The first-order valence-corrected chi connectivity index (χ1v) is 15.6. The van der Waals surface area contributed by atoms with Gasteiger partial charge in [-0.05, 0) is 80.4 Å². The Bertz CT molecular complexity index is 1670. The summed E-state index contributed by atoms with van der Waals surface area (Å²) in [6.45, 7) is 7.30. The number of ether oxygens (including phenoxy) is 3. The summed E-state index contributed by atoms with van der Waals surface area (Å²) in [5, 5.41) is 12.4. The molecule has 1 atom stereocenters. The van der Waals surface area contributed by atoms with Crippen LogP contribution in [0.5, 0.6) is 17.2 Å². The fourth-order valence-electron chi connectivity index (χ4n) is 4.98. The van der Waals surface area contributed by atoms with Gasteiger partial charge in [0.1, 0.15) is 11.5 Å². The number of fused-ring (bicyclic) bond motifs is 1. The van der Waals surface area contributed by atoms with Crippen molar-refractivity contribution in [2.45, 2.75) is 46.1 Å².